The van der Waals surface area contributed by atoms with Crippen LogP contribution in [0.1, 0.15) is 34.1 Å². The molecule has 0 N–H and O–H groups in total. The fraction of sp³-hybridized carbons (Fsp3) is 0.895. The molecule has 0 amide bonds. The van der Waals surface area contributed by atoms with Crippen molar-refractivity contribution in [2.24, 2.45) is 46.3 Å². The summed E-state index contributed by atoms with van der Waals surface area (Å²) in [5.74, 6) is 2.74. The van der Waals surface area contributed by atoms with Crippen LogP contribution in [0.3, 0.4) is 0 Å². The van der Waals surface area contributed by atoms with Gasteiger partial charge >= 0.3 is 5.97 Å². The molecular formula is C19H29NO3. The molecule has 0 saturated heterocycles. The Hall–Kier alpha value is -0.900. The average molecular weight is 319 g/mol. The lowest BCUT2D eigenvalue weighted by atomic mass is 9.66. The highest BCUT2D eigenvalue weighted by atomic mass is 16.5. The number of fused-ring (bicyclic) bond motifs is 4. The van der Waals surface area contributed by atoms with Gasteiger partial charge in [-0.3, -0.25) is 9.59 Å². The predicted molar refractivity (Wildman–Crippen MR) is 86.6 cm³/mol. The van der Waals surface area contributed by atoms with Crippen LogP contribution in [0.25, 0.3) is 0 Å². The SMILES string of the molecule is CC(=O)O[C@@H]1[C@@H]2[C@H](CC1(C)C)C1C3C(=O)C(CN(C)C)[C@]2(C)[C@H]31. The number of hydrogen-bond donors (Lipinski definition) is 0. The van der Waals surface area contributed by atoms with Gasteiger partial charge in [0.25, 0.3) is 0 Å². The molecule has 23 heavy (non-hydrogen) atoms. The Balaban J connectivity index is 1.74. The molecule has 4 saturated carbocycles. The van der Waals surface area contributed by atoms with E-state index in [9.17, 15) is 9.59 Å². The summed E-state index contributed by atoms with van der Waals surface area (Å²) in [5, 5.41) is 0. The van der Waals surface area contributed by atoms with Crippen LogP contribution in [0.2, 0.25) is 0 Å². The second-order valence-electron chi connectivity index (χ2n) is 9.62. The minimum Gasteiger partial charge on any atom is -0.462 e. The molecular weight excluding hydrogens is 290 g/mol. The molecule has 0 aromatic heterocycles. The zero-order chi connectivity index (χ0) is 16.9. The highest BCUT2D eigenvalue weighted by Gasteiger charge is 2.84. The Morgan fingerprint density at radius 2 is 1.91 bits per heavy atom. The Labute approximate surface area is 138 Å². The number of ether oxygens (including phenoxy) is 1. The first-order valence-corrected chi connectivity index (χ1v) is 8.96. The van der Waals surface area contributed by atoms with E-state index < -0.39 is 0 Å². The quantitative estimate of drug-likeness (QED) is 0.748. The Kier molecular flexibility index (Phi) is 2.98. The summed E-state index contributed by atoms with van der Waals surface area (Å²) in [7, 11) is 4.10. The Bertz CT molecular complexity index is 583. The summed E-state index contributed by atoms with van der Waals surface area (Å²) in [6, 6.07) is 0. The van der Waals surface area contributed by atoms with Crippen LogP contribution in [-0.4, -0.2) is 43.4 Å². The minimum absolute atomic E-state index is 0.00917. The summed E-state index contributed by atoms with van der Waals surface area (Å²) < 4.78 is 5.85. The Morgan fingerprint density at radius 3 is 2.48 bits per heavy atom. The number of esters is 1. The third-order valence-electron chi connectivity index (χ3n) is 7.59. The van der Waals surface area contributed by atoms with Crippen LogP contribution in [0, 0.1) is 46.3 Å². The van der Waals surface area contributed by atoms with Gasteiger partial charge in [-0.2, -0.15) is 0 Å². The summed E-state index contributed by atoms with van der Waals surface area (Å²) in [6.07, 6.45) is 1.05. The molecule has 3 unspecified atom stereocenters. The summed E-state index contributed by atoms with van der Waals surface area (Å²) in [4.78, 5) is 26.8. The van der Waals surface area contributed by atoms with Crippen molar-refractivity contribution in [2.45, 2.75) is 40.2 Å². The lowest BCUT2D eigenvalue weighted by Crippen LogP contribution is -2.46. The van der Waals surface area contributed by atoms with Crippen LogP contribution < -0.4 is 0 Å². The van der Waals surface area contributed by atoms with E-state index in [-0.39, 0.29) is 28.8 Å². The number of rotatable bonds is 3. The summed E-state index contributed by atoms with van der Waals surface area (Å²) in [5.41, 5.74) is 0.0265. The molecule has 8 atom stereocenters. The highest BCUT2D eigenvalue weighted by molar-refractivity contribution is 5.92. The van der Waals surface area contributed by atoms with Gasteiger partial charge in [0, 0.05) is 36.6 Å². The topological polar surface area (TPSA) is 46.6 Å². The molecule has 0 aromatic rings. The largest absolute Gasteiger partial charge is 0.462 e. The first-order valence-electron chi connectivity index (χ1n) is 8.96. The third-order valence-corrected chi connectivity index (χ3v) is 7.59. The summed E-state index contributed by atoms with van der Waals surface area (Å²) in [6.45, 7) is 9.13. The van der Waals surface area contributed by atoms with Crippen LogP contribution >= 0.6 is 0 Å². The lowest BCUT2D eigenvalue weighted by molar-refractivity contribution is -0.158. The average Bonchev–Trinajstić information content (AvgIpc) is 2.98. The number of hydrogen-bond acceptors (Lipinski definition) is 4. The molecule has 0 bridgehead atoms. The smallest absolute Gasteiger partial charge is 0.302 e. The van der Waals surface area contributed by atoms with Crippen molar-refractivity contribution in [1.29, 1.82) is 0 Å². The van der Waals surface area contributed by atoms with Crippen LogP contribution in [0.5, 0.6) is 0 Å². The van der Waals surface area contributed by atoms with E-state index in [1.807, 2.05) is 14.1 Å². The van der Waals surface area contributed by atoms with Gasteiger partial charge < -0.3 is 9.64 Å². The fourth-order valence-electron chi connectivity index (χ4n) is 7.05. The van der Waals surface area contributed by atoms with Gasteiger partial charge in [0.2, 0.25) is 0 Å². The predicted octanol–water partition coefficient (Wildman–Crippen LogP) is 2.22. The summed E-state index contributed by atoms with van der Waals surface area (Å²) >= 11 is 0. The number of Topliss-reactive ketones (excluding diaryl/α,β-unsaturated/α-hetero) is 1. The van der Waals surface area contributed by atoms with E-state index in [2.05, 4.69) is 25.7 Å². The van der Waals surface area contributed by atoms with Gasteiger partial charge in [0.15, 0.2) is 0 Å². The normalized spacial score (nSPS) is 51.8. The van der Waals surface area contributed by atoms with E-state index in [4.69, 9.17) is 4.74 Å². The second-order valence-corrected chi connectivity index (χ2v) is 9.62. The van der Waals surface area contributed by atoms with E-state index >= 15 is 0 Å². The van der Waals surface area contributed by atoms with Crippen LogP contribution in [0.15, 0.2) is 0 Å². The minimum atomic E-state index is -0.182. The highest BCUT2D eigenvalue weighted by Crippen LogP contribution is 2.82. The van der Waals surface area contributed by atoms with Gasteiger partial charge in [0.1, 0.15) is 11.9 Å². The molecule has 0 aliphatic heterocycles. The maximum Gasteiger partial charge on any atom is 0.302 e. The van der Waals surface area contributed by atoms with Crippen molar-refractivity contribution in [3.63, 3.8) is 0 Å². The molecule has 4 nitrogen and oxygen atoms in total. The standard InChI is InChI=1S/C19H29NO3/c1-9(21)23-17-14-10(7-18(17,2)3)12-13-15(12)19(14,4)11(16(13)22)8-20(5)6/h10-15,17H,7-8H2,1-6H3/t10-,11?,12?,13?,14+,15+,17-,19+/m1/s1. The van der Waals surface area contributed by atoms with E-state index in [1.165, 1.54) is 6.92 Å². The number of ketones is 1. The second kappa shape index (κ2) is 4.38. The molecule has 0 spiro atoms. The number of carbonyl (C=O) groups excluding carboxylic acids is 2. The van der Waals surface area contributed by atoms with Gasteiger partial charge in [-0.05, 0) is 43.7 Å². The lowest BCUT2D eigenvalue weighted by Gasteiger charge is -2.42. The van der Waals surface area contributed by atoms with E-state index in [1.54, 1.807) is 0 Å². The van der Waals surface area contributed by atoms with Crippen molar-refractivity contribution in [3.05, 3.63) is 0 Å². The zero-order valence-electron chi connectivity index (χ0n) is 15.1. The maximum atomic E-state index is 12.9. The fourth-order valence-corrected chi connectivity index (χ4v) is 7.05. The Morgan fingerprint density at radius 1 is 1.26 bits per heavy atom. The van der Waals surface area contributed by atoms with E-state index in [0.717, 1.165) is 13.0 Å². The van der Waals surface area contributed by atoms with Crippen LogP contribution in [0.4, 0.5) is 0 Å². The first kappa shape index (κ1) is 15.6. The van der Waals surface area contributed by atoms with Crippen LogP contribution in [-0.2, 0) is 14.3 Å². The molecule has 128 valence electrons. The molecule has 4 heteroatoms. The molecule has 4 fully saturated rings. The van der Waals surface area contributed by atoms with Crippen molar-refractivity contribution < 1.29 is 14.3 Å². The van der Waals surface area contributed by atoms with Crippen molar-refractivity contribution in [3.8, 4) is 0 Å². The van der Waals surface area contributed by atoms with Gasteiger partial charge in [0.05, 0.1) is 0 Å². The van der Waals surface area contributed by atoms with Crippen molar-refractivity contribution in [1.82, 2.24) is 4.90 Å². The van der Waals surface area contributed by atoms with Gasteiger partial charge in [-0.15, -0.1) is 0 Å². The number of nitrogens with zero attached hydrogens (tertiary/aromatic N) is 1. The van der Waals surface area contributed by atoms with Gasteiger partial charge in [-0.1, -0.05) is 20.8 Å². The van der Waals surface area contributed by atoms with Crippen molar-refractivity contribution in [2.75, 3.05) is 20.6 Å². The zero-order valence-corrected chi connectivity index (χ0v) is 15.1. The number of carbonyl (C=O) groups is 2. The molecule has 0 heterocycles. The monoisotopic (exact) mass is 319 g/mol. The molecule has 4 aliphatic rings. The third kappa shape index (κ3) is 1.76. The molecule has 4 aliphatic carbocycles. The van der Waals surface area contributed by atoms with Crippen molar-refractivity contribution >= 4 is 11.8 Å². The van der Waals surface area contributed by atoms with E-state index in [0.29, 0.717) is 35.4 Å². The molecule has 0 radical (unpaired) electrons. The molecule has 4 rings (SSSR count). The molecule has 0 aromatic carbocycles. The first-order chi connectivity index (χ1) is 10.6. The van der Waals surface area contributed by atoms with Gasteiger partial charge in [-0.25, -0.2) is 0 Å². The maximum absolute atomic E-state index is 12.9.